The van der Waals surface area contributed by atoms with Gasteiger partial charge in [0.15, 0.2) is 0 Å². The van der Waals surface area contributed by atoms with Gasteiger partial charge in [-0.25, -0.2) is 13.6 Å². The Kier molecular flexibility index (Phi) is 5.55. The van der Waals surface area contributed by atoms with Crippen LogP contribution in [0.5, 0.6) is 5.75 Å². The van der Waals surface area contributed by atoms with Gasteiger partial charge in [-0.15, -0.1) is 0 Å². The van der Waals surface area contributed by atoms with E-state index in [4.69, 9.17) is 10.00 Å². The molecule has 0 atom stereocenters. The first kappa shape index (κ1) is 19.8. The molecule has 1 aromatic carbocycles. The predicted octanol–water partition coefficient (Wildman–Crippen LogP) is 5.59. The van der Waals surface area contributed by atoms with Gasteiger partial charge in [-0.2, -0.15) is 5.26 Å². The van der Waals surface area contributed by atoms with Crippen LogP contribution in [0.2, 0.25) is 0 Å². The standard InChI is InChI=1S/C22H27F2NO2/c1-15-13-19(4-3-18(15)14-25)27-20(26)22(24)11-7-17(8-12-22)16-5-9-21(2,23)10-6-16/h3-4,13,16-17H,5-12H2,1-2H3. The number of ether oxygens (including phenoxy) is 1. The van der Waals surface area contributed by atoms with Crippen molar-refractivity contribution in [2.24, 2.45) is 11.8 Å². The van der Waals surface area contributed by atoms with E-state index < -0.39 is 17.3 Å². The van der Waals surface area contributed by atoms with E-state index in [9.17, 15) is 9.18 Å². The largest absolute Gasteiger partial charge is 0.424 e. The van der Waals surface area contributed by atoms with Gasteiger partial charge in [-0.3, -0.25) is 0 Å². The lowest BCUT2D eigenvalue weighted by molar-refractivity contribution is -0.151. The summed E-state index contributed by atoms with van der Waals surface area (Å²) < 4.78 is 34.4. The van der Waals surface area contributed by atoms with Gasteiger partial charge in [0.1, 0.15) is 11.4 Å². The van der Waals surface area contributed by atoms with Crippen LogP contribution in [0.1, 0.15) is 69.4 Å². The molecule has 0 amide bonds. The number of benzene rings is 1. The number of carbonyl (C=O) groups excluding carboxylic acids is 1. The molecule has 0 radical (unpaired) electrons. The molecule has 2 aliphatic carbocycles. The minimum atomic E-state index is -1.96. The van der Waals surface area contributed by atoms with Crippen LogP contribution in [0, 0.1) is 30.1 Å². The SMILES string of the molecule is Cc1cc(OC(=O)C2(F)CCC(C3CCC(C)(F)CC3)CC2)ccc1C#N. The molecule has 2 saturated carbocycles. The Bertz CT molecular complexity index is 735. The van der Waals surface area contributed by atoms with E-state index in [2.05, 4.69) is 0 Å². The fraction of sp³-hybridized carbons (Fsp3) is 0.636. The van der Waals surface area contributed by atoms with Gasteiger partial charge < -0.3 is 4.74 Å². The van der Waals surface area contributed by atoms with Gasteiger partial charge in [0.2, 0.25) is 5.67 Å². The van der Waals surface area contributed by atoms with Crippen LogP contribution in [-0.4, -0.2) is 17.3 Å². The van der Waals surface area contributed by atoms with Gasteiger partial charge in [-0.1, -0.05) is 0 Å². The highest BCUT2D eigenvalue weighted by Gasteiger charge is 2.46. The molecule has 3 rings (SSSR count). The summed E-state index contributed by atoms with van der Waals surface area (Å²) in [5.41, 5.74) is -1.82. The molecule has 27 heavy (non-hydrogen) atoms. The minimum absolute atomic E-state index is 0.162. The zero-order chi connectivity index (χ0) is 19.7. The highest BCUT2D eigenvalue weighted by Crippen LogP contribution is 2.45. The van der Waals surface area contributed by atoms with E-state index in [1.165, 1.54) is 6.07 Å². The first-order valence-electron chi connectivity index (χ1n) is 9.83. The second-order valence-corrected chi connectivity index (χ2v) is 8.53. The fourth-order valence-electron chi connectivity index (χ4n) is 4.51. The maximum Gasteiger partial charge on any atom is 0.349 e. The van der Waals surface area contributed by atoms with Crippen molar-refractivity contribution in [1.29, 1.82) is 5.26 Å². The smallest absolute Gasteiger partial charge is 0.349 e. The number of hydrogen-bond donors (Lipinski definition) is 0. The van der Waals surface area contributed by atoms with Gasteiger partial charge >= 0.3 is 5.97 Å². The monoisotopic (exact) mass is 375 g/mol. The number of nitrogens with zero attached hydrogens (tertiary/aromatic N) is 1. The van der Waals surface area contributed by atoms with Gasteiger partial charge in [0, 0.05) is 0 Å². The number of rotatable bonds is 3. The molecule has 0 saturated heterocycles. The Morgan fingerprint density at radius 1 is 1.11 bits per heavy atom. The molecule has 1 aromatic rings. The summed E-state index contributed by atoms with van der Waals surface area (Å²) >= 11 is 0. The summed E-state index contributed by atoms with van der Waals surface area (Å²) in [6, 6.07) is 6.73. The fourth-order valence-corrected chi connectivity index (χ4v) is 4.51. The minimum Gasteiger partial charge on any atom is -0.424 e. The van der Waals surface area contributed by atoms with Crippen molar-refractivity contribution < 1.29 is 18.3 Å². The molecular formula is C22H27F2NO2. The number of carbonyl (C=O) groups is 1. The van der Waals surface area contributed by atoms with E-state index in [0.717, 1.165) is 12.8 Å². The highest BCUT2D eigenvalue weighted by molar-refractivity contribution is 5.81. The van der Waals surface area contributed by atoms with E-state index >= 15 is 4.39 Å². The van der Waals surface area contributed by atoms with Crippen LogP contribution in [0.25, 0.3) is 0 Å². The number of alkyl halides is 2. The number of hydrogen-bond acceptors (Lipinski definition) is 3. The van der Waals surface area contributed by atoms with Crippen molar-refractivity contribution in [2.75, 3.05) is 0 Å². The number of nitriles is 1. The molecule has 0 heterocycles. The number of aryl methyl sites for hydroxylation is 1. The summed E-state index contributed by atoms with van der Waals surface area (Å²) in [4.78, 5) is 12.4. The molecule has 146 valence electrons. The van der Waals surface area contributed by atoms with Crippen LogP contribution in [0.3, 0.4) is 0 Å². The molecule has 0 unspecified atom stereocenters. The molecule has 0 aliphatic heterocycles. The third-order valence-electron chi connectivity index (χ3n) is 6.46. The van der Waals surface area contributed by atoms with Gasteiger partial charge in [0.05, 0.1) is 11.6 Å². The van der Waals surface area contributed by atoms with Crippen molar-refractivity contribution in [3.8, 4) is 11.8 Å². The van der Waals surface area contributed by atoms with Crippen molar-refractivity contribution in [1.82, 2.24) is 0 Å². The quantitative estimate of drug-likeness (QED) is 0.511. The third kappa shape index (κ3) is 4.48. The lowest BCUT2D eigenvalue weighted by atomic mass is 9.68. The number of esters is 1. The lowest BCUT2D eigenvalue weighted by Gasteiger charge is -2.40. The van der Waals surface area contributed by atoms with Gasteiger partial charge in [0.25, 0.3) is 0 Å². The molecule has 5 heteroatoms. The first-order chi connectivity index (χ1) is 12.7. The Balaban J connectivity index is 1.56. The second kappa shape index (κ2) is 7.58. The van der Waals surface area contributed by atoms with E-state index in [1.54, 1.807) is 26.0 Å². The Morgan fingerprint density at radius 2 is 1.67 bits per heavy atom. The molecule has 0 spiro atoms. The Morgan fingerprint density at radius 3 is 2.19 bits per heavy atom. The van der Waals surface area contributed by atoms with Gasteiger partial charge in [-0.05, 0) is 101 Å². The molecule has 0 N–H and O–H groups in total. The van der Waals surface area contributed by atoms with E-state index in [0.29, 0.717) is 48.6 Å². The normalized spacial score (nSPS) is 33.9. The van der Waals surface area contributed by atoms with Crippen LogP contribution < -0.4 is 4.74 Å². The average Bonchev–Trinajstić information content (AvgIpc) is 2.63. The molecule has 2 fully saturated rings. The Labute approximate surface area is 159 Å². The third-order valence-corrected chi connectivity index (χ3v) is 6.46. The van der Waals surface area contributed by atoms with Crippen LogP contribution >= 0.6 is 0 Å². The van der Waals surface area contributed by atoms with Crippen LogP contribution in [-0.2, 0) is 4.79 Å². The molecule has 0 bridgehead atoms. The lowest BCUT2D eigenvalue weighted by Crippen LogP contribution is -2.42. The van der Waals surface area contributed by atoms with Crippen molar-refractivity contribution in [3.05, 3.63) is 29.3 Å². The zero-order valence-electron chi connectivity index (χ0n) is 16.1. The maximum absolute atomic E-state index is 15.2. The maximum atomic E-state index is 15.2. The summed E-state index contributed by atoms with van der Waals surface area (Å²) in [5.74, 6) is 0.237. The van der Waals surface area contributed by atoms with Crippen molar-refractivity contribution >= 4 is 5.97 Å². The van der Waals surface area contributed by atoms with E-state index in [1.807, 2.05) is 6.07 Å². The van der Waals surface area contributed by atoms with Crippen LogP contribution in [0.4, 0.5) is 8.78 Å². The molecule has 0 aromatic heterocycles. The molecule has 3 nitrogen and oxygen atoms in total. The summed E-state index contributed by atoms with van der Waals surface area (Å²) in [6.07, 6.45) is 4.48. The average molecular weight is 375 g/mol. The zero-order valence-corrected chi connectivity index (χ0v) is 16.1. The number of halogens is 2. The Hall–Kier alpha value is -1.96. The van der Waals surface area contributed by atoms with Crippen LogP contribution in [0.15, 0.2) is 18.2 Å². The first-order valence-corrected chi connectivity index (χ1v) is 9.83. The summed E-state index contributed by atoms with van der Waals surface area (Å²) in [6.45, 7) is 3.41. The van der Waals surface area contributed by atoms with Crippen molar-refractivity contribution in [3.63, 3.8) is 0 Å². The molecule has 2 aliphatic rings. The predicted molar refractivity (Wildman–Crippen MR) is 98.8 cm³/mol. The van der Waals surface area contributed by atoms with Crippen molar-refractivity contribution in [2.45, 2.75) is 76.6 Å². The second-order valence-electron chi connectivity index (χ2n) is 8.53. The summed E-state index contributed by atoms with van der Waals surface area (Å²) in [7, 11) is 0. The summed E-state index contributed by atoms with van der Waals surface area (Å²) in [5, 5.41) is 8.96. The topological polar surface area (TPSA) is 50.1 Å². The van der Waals surface area contributed by atoms with E-state index in [-0.39, 0.29) is 18.6 Å². The highest BCUT2D eigenvalue weighted by atomic mass is 19.1. The molecular weight excluding hydrogens is 348 g/mol.